The van der Waals surface area contributed by atoms with Crippen LogP contribution in [0, 0.1) is 0 Å². The summed E-state index contributed by atoms with van der Waals surface area (Å²) < 4.78 is 5.48. The van der Waals surface area contributed by atoms with Gasteiger partial charge >= 0.3 is 0 Å². The van der Waals surface area contributed by atoms with Gasteiger partial charge in [0, 0.05) is 12.5 Å². The van der Waals surface area contributed by atoms with Crippen molar-refractivity contribution in [3.63, 3.8) is 0 Å². The first-order chi connectivity index (χ1) is 7.07. The van der Waals surface area contributed by atoms with Crippen LogP contribution in [0.15, 0.2) is 9.27 Å². The lowest BCUT2D eigenvalue weighted by Gasteiger charge is -2.10. The third kappa shape index (κ3) is 1.99. The highest BCUT2D eigenvalue weighted by atomic mass is 79.9. The largest absolute Gasteiger partial charge is 0.378 e. The zero-order valence-electron chi connectivity index (χ0n) is 8.76. The van der Waals surface area contributed by atoms with Crippen molar-refractivity contribution < 1.29 is 4.74 Å². The van der Waals surface area contributed by atoms with Crippen molar-refractivity contribution in [3.8, 4) is 0 Å². The van der Waals surface area contributed by atoms with Crippen molar-refractivity contribution in [1.29, 1.82) is 0 Å². The monoisotopic (exact) mass is 272 g/mol. The maximum atomic E-state index is 11.6. The van der Waals surface area contributed by atoms with Crippen LogP contribution in [0.4, 0.5) is 0 Å². The molecule has 0 unspecified atom stereocenters. The molecule has 0 spiro atoms. The van der Waals surface area contributed by atoms with Crippen molar-refractivity contribution in [2.45, 2.75) is 31.8 Å². The molecule has 4 nitrogen and oxygen atoms in total. The van der Waals surface area contributed by atoms with Gasteiger partial charge in [0.15, 0.2) is 0 Å². The zero-order valence-corrected chi connectivity index (χ0v) is 10.3. The first-order valence-corrected chi connectivity index (χ1v) is 5.64. The van der Waals surface area contributed by atoms with E-state index in [1.54, 1.807) is 7.11 Å². The molecule has 0 bridgehead atoms. The third-order valence-corrected chi connectivity index (χ3v) is 3.60. The molecule has 1 saturated carbocycles. The predicted molar refractivity (Wildman–Crippen MR) is 59.9 cm³/mol. The van der Waals surface area contributed by atoms with Gasteiger partial charge in [0.1, 0.15) is 10.3 Å². The van der Waals surface area contributed by atoms with Crippen LogP contribution in [0.1, 0.15) is 31.3 Å². The van der Waals surface area contributed by atoms with Crippen molar-refractivity contribution in [2.24, 2.45) is 0 Å². The predicted octanol–water partition coefficient (Wildman–Crippen LogP) is 1.73. The van der Waals surface area contributed by atoms with Gasteiger partial charge in [0.05, 0.1) is 12.3 Å². The Morgan fingerprint density at radius 3 is 2.80 bits per heavy atom. The number of H-pyrrole nitrogens is 1. The third-order valence-electron chi connectivity index (χ3n) is 2.78. The summed E-state index contributed by atoms with van der Waals surface area (Å²) in [6, 6.07) is 0. The van der Waals surface area contributed by atoms with Crippen molar-refractivity contribution in [2.75, 3.05) is 7.11 Å². The average Bonchev–Trinajstić information content (AvgIpc) is 2.93. The number of nitrogens with zero attached hydrogens (tertiary/aromatic N) is 1. The van der Waals surface area contributed by atoms with Gasteiger partial charge in [-0.3, -0.25) is 4.79 Å². The quantitative estimate of drug-likeness (QED) is 0.912. The summed E-state index contributed by atoms with van der Waals surface area (Å²) in [5, 5.41) is 0. The van der Waals surface area contributed by atoms with E-state index in [1.165, 1.54) is 0 Å². The Morgan fingerprint density at radius 2 is 2.27 bits per heavy atom. The van der Waals surface area contributed by atoms with Crippen LogP contribution < -0.4 is 5.56 Å². The van der Waals surface area contributed by atoms with E-state index in [2.05, 4.69) is 32.8 Å². The highest BCUT2D eigenvalue weighted by molar-refractivity contribution is 9.10. The fourth-order valence-corrected chi connectivity index (χ4v) is 1.75. The number of halogens is 1. The summed E-state index contributed by atoms with van der Waals surface area (Å²) in [6.45, 7) is 2.46. The minimum Gasteiger partial charge on any atom is -0.378 e. The van der Waals surface area contributed by atoms with E-state index in [9.17, 15) is 4.79 Å². The van der Waals surface area contributed by atoms with E-state index in [4.69, 9.17) is 4.74 Å². The van der Waals surface area contributed by atoms with Crippen LogP contribution in [-0.2, 0) is 16.8 Å². The van der Waals surface area contributed by atoms with Crippen molar-refractivity contribution in [3.05, 3.63) is 26.3 Å². The second-order valence-electron chi connectivity index (χ2n) is 4.17. The fraction of sp³-hybridized carbons (Fsp3) is 0.600. The number of aromatic nitrogens is 2. The summed E-state index contributed by atoms with van der Waals surface area (Å²) >= 11 is 3.22. The molecule has 0 radical (unpaired) electrons. The first kappa shape index (κ1) is 10.8. The molecule has 1 aromatic rings. The molecule has 1 aliphatic carbocycles. The lowest BCUT2D eigenvalue weighted by Crippen LogP contribution is -2.20. The van der Waals surface area contributed by atoms with Gasteiger partial charge in [-0.25, -0.2) is 4.98 Å². The topological polar surface area (TPSA) is 55.0 Å². The lowest BCUT2D eigenvalue weighted by molar-refractivity contribution is 0.180. The standard InChI is InChI=1S/C10H13BrN2O2/c1-10(3-4-10)9-12-6(5-15-2)7(11)8(14)13-9/h3-5H2,1-2H3,(H,12,13,14). The number of hydrogen-bond donors (Lipinski definition) is 1. The summed E-state index contributed by atoms with van der Waals surface area (Å²) in [4.78, 5) is 18.8. The van der Waals surface area contributed by atoms with Crippen LogP contribution in [0.3, 0.4) is 0 Å². The molecule has 0 amide bonds. The summed E-state index contributed by atoms with van der Waals surface area (Å²) in [5.74, 6) is 0.780. The number of ether oxygens (including phenoxy) is 1. The van der Waals surface area contributed by atoms with E-state index in [0.29, 0.717) is 16.8 Å². The summed E-state index contributed by atoms with van der Waals surface area (Å²) in [5.41, 5.74) is 0.618. The number of nitrogens with one attached hydrogen (secondary N) is 1. The van der Waals surface area contributed by atoms with Gasteiger partial charge in [-0.2, -0.15) is 0 Å². The van der Waals surface area contributed by atoms with E-state index in [-0.39, 0.29) is 11.0 Å². The molecule has 1 aliphatic rings. The summed E-state index contributed by atoms with van der Waals surface area (Å²) in [6.07, 6.45) is 2.17. The Labute approximate surface area is 96.2 Å². The van der Waals surface area contributed by atoms with E-state index in [0.717, 1.165) is 18.7 Å². The zero-order chi connectivity index (χ0) is 11.1. The Balaban J connectivity index is 2.46. The SMILES string of the molecule is COCc1nc(C2(C)CC2)[nH]c(=O)c1Br. The smallest absolute Gasteiger partial charge is 0.265 e. The molecule has 0 aliphatic heterocycles. The van der Waals surface area contributed by atoms with E-state index >= 15 is 0 Å². The Morgan fingerprint density at radius 1 is 1.60 bits per heavy atom. The number of methoxy groups -OCH3 is 1. The minimum absolute atomic E-state index is 0.0718. The van der Waals surface area contributed by atoms with E-state index in [1.807, 2.05) is 0 Å². The molecule has 2 rings (SSSR count). The lowest BCUT2D eigenvalue weighted by atomic mass is 10.1. The van der Waals surface area contributed by atoms with Crippen LogP contribution in [0.5, 0.6) is 0 Å². The fourth-order valence-electron chi connectivity index (χ4n) is 1.45. The van der Waals surface area contributed by atoms with E-state index < -0.39 is 0 Å². The second kappa shape index (κ2) is 3.72. The van der Waals surface area contributed by atoms with Crippen LogP contribution >= 0.6 is 15.9 Å². The number of aromatic amines is 1. The van der Waals surface area contributed by atoms with Gasteiger partial charge in [-0.05, 0) is 28.8 Å². The average molecular weight is 273 g/mol. The van der Waals surface area contributed by atoms with Crippen LogP contribution in [-0.4, -0.2) is 17.1 Å². The second-order valence-corrected chi connectivity index (χ2v) is 4.96. The Bertz CT molecular complexity index is 438. The number of rotatable bonds is 3. The minimum atomic E-state index is -0.125. The highest BCUT2D eigenvalue weighted by Crippen LogP contribution is 2.45. The molecule has 1 aromatic heterocycles. The van der Waals surface area contributed by atoms with Gasteiger partial charge < -0.3 is 9.72 Å². The van der Waals surface area contributed by atoms with Crippen molar-refractivity contribution in [1.82, 2.24) is 9.97 Å². The maximum absolute atomic E-state index is 11.6. The molecular formula is C10H13BrN2O2. The molecule has 1 N–H and O–H groups in total. The van der Waals surface area contributed by atoms with Gasteiger partial charge in [0.2, 0.25) is 0 Å². The molecule has 5 heteroatoms. The first-order valence-electron chi connectivity index (χ1n) is 4.85. The highest BCUT2D eigenvalue weighted by Gasteiger charge is 2.42. The molecule has 15 heavy (non-hydrogen) atoms. The van der Waals surface area contributed by atoms with Gasteiger partial charge in [-0.1, -0.05) is 6.92 Å². The molecular weight excluding hydrogens is 260 g/mol. The summed E-state index contributed by atoms with van der Waals surface area (Å²) in [7, 11) is 1.59. The molecule has 1 heterocycles. The van der Waals surface area contributed by atoms with Crippen LogP contribution in [0.25, 0.3) is 0 Å². The van der Waals surface area contributed by atoms with Gasteiger partial charge in [-0.15, -0.1) is 0 Å². The normalized spacial score (nSPS) is 17.8. The van der Waals surface area contributed by atoms with Crippen molar-refractivity contribution >= 4 is 15.9 Å². The molecule has 1 fully saturated rings. The number of hydrogen-bond acceptors (Lipinski definition) is 3. The van der Waals surface area contributed by atoms with Crippen LogP contribution in [0.2, 0.25) is 0 Å². The molecule has 0 aromatic carbocycles. The Hall–Kier alpha value is -0.680. The molecule has 0 atom stereocenters. The molecule has 0 saturated heterocycles. The Kier molecular flexibility index (Phi) is 2.68. The molecule has 82 valence electrons. The maximum Gasteiger partial charge on any atom is 0.265 e. The van der Waals surface area contributed by atoms with Gasteiger partial charge in [0.25, 0.3) is 5.56 Å².